The standard InChI is InChI=1S/C17H19NO5S2/c1-12-4-3-5-17(13(12)2)23-25(21,22)16-10-8-15(9-11-16)24(19,20)18-14-6-7-14/h3-5,8-11,14,18H,6-7H2,1-2H3. The predicted octanol–water partition coefficient (Wildman–Crippen LogP) is 2.51. The van der Waals surface area contributed by atoms with E-state index in [1.54, 1.807) is 19.1 Å². The van der Waals surface area contributed by atoms with Gasteiger partial charge in [0.1, 0.15) is 10.6 Å². The Kier molecular flexibility index (Phi) is 4.61. The van der Waals surface area contributed by atoms with Gasteiger partial charge in [-0.2, -0.15) is 8.42 Å². The Bertz CT molecular complexity index is 992. The minimum absolute atomic E-state index is 0.0129. The van der Waals surface area contributed by atoms with Crippen LogP contribution in [0.3, 0.4) is 0 Å². The van der Waals surface area contributed by atoms with Crippen molar-refractivity contribution in [3.05, 3.63) is 53.6 Å². The zero-order chi connectivity index (χ0) is 18.2. The first kappa shape index (κ1) is 17.9. The molecule has 0 amide bonds. The summed E-state index contributed by atoms with van der Waals surface area (Å²) in [5.74, 6) is 0.257. The van der Waals surface area contributed by atoms with Crippen LogP contribution in [0.5, 0.6) is 5.75 Å². The fourth-order valence-corrected chi connectivity index (χ4v) is 4.54. The number of hydrogen-bond donors (Lipinski definition) is 1. The Labute approximate surface area is 148 Å². The van der Waals surface area contributed by atoms with Crippen LogP contribution in [0.2, 0.25) is 0 Å². The van der Waals surface area contributed by atoms with E-state index in [0.29, 0.717) is 0 Å². The Balaban J connectivity index is 1.84. The molecule has 0 bridgehead atoms. The van der Waals surface area contributed by atoms with Gasteiger partial charge in [0, 0.05) is 6.04 Å². The number of nitrogens with one attached hydrogen (secondary N) is 1. The summed E-state index contributed by atoms with van der Waals surface area (Å²) in [6.45, 7) is 3.64. The maximum Gasteiger partial charge on any atom is 0.339 e. The van der Waals surface area contributed by atoms with Gasteiger partial charge in [-0.3, -0.25) is 0 Å². The summed E-state index contributed by atoms with van der Waals surface area (Å²) < 4.78 is 56.9. The SMILES string of the molecule is Cc1cccc(OS(=O)(=O)c2ccc(S(=O)(=O)NC3CC3)cc2)c1C. The molecule has 3 rings (SSSR count). The lowest BCUT2D eigenvalue weighted by atomic mass is 10.1. The highest BCUT2D eigenvalue weighted by Gasteiger charge is 2.28. The second-order valence-electron chi connectivity index (χ2n) is 6.10. The van der Waals surface area contributed by atoms with E-state index in [0.717, 1.165) is 24.0 Å². The second kappa shape index (κ2) is 6.44. The van der Waals surface area contributed by atoms with Crippen molar-refractivity contribution in [2.45, 2.75) is 42.5 Å². The van der Waals surface area contributed by atoms with Crippen molar-refractivity contribution in [3.63, 3.8) is 0 Å². The number of aryl methyl sites for hydroxylation is 1. The fourth-order valence-electron chi connectivity index (χ4n) is 2.25. The van der Waals surface area contributed by atoms with Crippen molar-refractivity contribution in [3.8, 4) is 5.75 Å². The van der Waals surface area contributed by atoms with Crippen LogP contribution in [0.25, 0.3) is 0 Å². The van der Waals surface area contributed by atoms with Gasteiger partial charge in [0.05, 0.1) is 4.90 Å². The average Bonchev–Trinajstić information content (AvgIpc) is 3.35. The molecular formula is C17H19NO5S2. The highest BCUT2D eigenvalue weighted by Crippen LogP contribution is 2.26. The summed E-state index contributed by atoms with van der Waals surface area (Å²) in [5, 5.41) is 0. The quantitative estimate of drug-likeness (QED) is 0.777. The van der Waals surface area contributed by atoms with E-state index in [1.807, 2.05) is 13.0 Å². The maximum absolute atomic E-state index is 12.4. The van der Waals surface area contributed by atoms with Crippen molar-refractivity contribution in [2.75, 3.05) is 0 Å². The van der Waals surface area contributed by atoms with Crippen molar-refractivity contribution < 1.29 is 21.0 Å². The molecule has 0 saturated heterocycles. The van der Waals surface area contributed by atoms with Crippen LogP contribution in [-0.4, -0.2) is 22.9 Å². The molecule has 1 aliphatic rings. The lowest BCUT2D eigenvalue weighted by Crippen LogP contribution is -2.25. The average molecular weight is 381 g/mol. The third-order valence-electron chi connectivity index (χ3n) is 4.08. The van der Waals surface area contributed by atoms with E-state index >= 15 is 0 Å². The van der Waals surface area contributed by atoms with Gasteiger partial charge in [0.25, 0.3) is 0 Å². The highest BCUT2D eigenvalue weighted by molar-refractivity contribution is 7.89. The topological polar surface area (TPSA) is 89.5 Å². The first-order valence-electron chi connectivity index (χ1n) is 7.82. The number of benzene rings is 2. The van der Waals surface area contributed by atoms with Gasteiger partial charge < -0.3 is 4.18 Å². The molecule has 0 aliphatic heterocycles. The van der Waals surface area contributed by atoms with Crippen LogP contribution in [0.1, 0.15) is 24.0 Å². The molecule has 25 heavy (non-hydrogen) atoms. The Morgan fingerprint density at radius 3 is 2.12 bits per heavy atom. The van der Waals surface area contributed by atoms with Gasteiger partial charge in [0.2, 0.25) is 10.0 Å². The molecule has 1 N–H and O–H groups in total. The molecule has 2 aromatic rings. The van der Waals surface area contributed by atoms with Gasteiger partial charge in [-0.25, -0.2) is 13.1 Å². The molecule has 1 saturated carbocycles. The first-order valence-corrected chi connectivity index (χ1v) is 10.7. The largest absolute Gasteiger partial charge is 0.379 e. The zero-order valence-corrected chi connectivity index (χ0v) is 15.5. The molecule has 0 unspecified atom stereocenters. The Hall–Kier alpha value is -1.90. The van der Waals surface area contributed by atoms with Gasteiger partial charge in [-0.1, -0.05) is 12.1 Å². The number of rotatable bonds is 6. The minimum Gasteiger partial charge on any atom is -0.379 e. The van der Waals surface area contributed by atoms with E-state index in [9.17, 15) is 16.8 Å². The van der Waals surface area contributed by atoms with Crippen molar-refractivity contribution in [1.82, 2.24) is 4.72 Å². The number of hydrogen-bond acceptors (Lipinski definition) is 5. The molecule has 1 aliphatic carbocycles. The van der Waals surface area contributed by atoms with E-state index in [-0.39, 0.29) is 21.6 Å². The van der Waals surface area contributed by atoms with Gasteiger partial charge in [-0.05, 0) is 68.1 Å². The lowest BCUT2D eigenvalue weighted by molar-refractivity contribution is 0.483. The Morgan fingerprint density at radius 1 is 0.920 bits per heavy atom. The molecule has 2 aromatic carbocycles. The molecule has 134 valence electrons. The van der Waals surface area contributed by atoms with Gasteiger partial charge in [0.15, 0.2) is 0 Å². The highest BCUT2D eigenvalue weighted by atomic mass is 32.2. The summed E-state index contributed by atoms with van der Waals surface area (Å²) in [6.07, 6.45) is 1.66. The third-order valence-corrected chi connectivity index (χ3v) is 6.86. The molecular weight excluding hydrogens is 362 g/mol. The molecule has 0 spiro atoms. The minimum atomic E-state index is -4.04. The lowest BCUT2D eigenvalue weighted by Gasteiger charge is -2.11. The van der Waals surface area contributed by atoms with Crippen LogP contribution in [0.4, 0.5) is 0 Å². The molecule has 6 nitrogen and oxygen atoms in total. The van der Waals surface area contributed by atoms with Gasteiger partial charge in [-0.15, -0.1) is 0 Å². The first-order chi connectivity index (χ1) is 11.7. The maximum atomic E-state index is 12.4. The number of sulfonamides is 1. The van der Waals surface area contributed by atoms with E-state index < -0.39 is 20.1 Å². The van der Waals surface area contributed by atoms with Crippen LogP contribution in [-0.2, 0) is 20.1 Å². The summed E-state index contributed by atoms with van der Waals surface area (Å²) >= 11 is 0. The van der Waals surface area contributed by atoms with Crippen molar-refractivity contribution in [1.29, 1.82) is 0 Å². The molecule has 0 heterocycles. The summed E-state index contributed by atoms with van der Waals surface area (Å²) in [6, 6.07) is 10.2. The van der Waals surface area contributed by atoms with Crippen LogP contribution < -0.4 is 8.91 Å². The van der Waals surface area contributed by atoms with E-state index in [4.69, 9.17) is 4.18 Å². The molecule has 0 aromatic heterocycles. The van der Waals surface area contributed by atoms with Crippen LogP contribution >= 0.6 is 0 Å². The zero-order valence-electron chi connectivity index (χ0n) is 13.9. The second-order valence-corrected chi connectivity index (χ2v) is 9.36. The normalized spacial score (nSPS) is 15.1. The molecule has 0 radical (unpaired) electrons. The van der Waals surface area contributed by atoms with Crippen molar-refractivity contribution in [2.24, 2.45) is 0 Å². The smallest absolute Gasteiger partial charge is 0.339 e. The monoisotopic (exact) mass is 381 g/mol. The molecule has 0 atom stereocenters. The van der Waals surface area contributed by atoms with E-state index in [2.05, 4.69) is 4.72 Å². The fraction of sp³-hybridized carbons (Fsp3) is 0.294. The summed E-state index contributed by atoms with van der Waals surface area (Å²) in [5.41, 5.74) is 1.65. The predicted molar refractivity (Wildman–Crippen MR) is 93.5 cm³/mol. The van der Waals surface area contributed by atoms with Crippen molar-refractivity contribution >= 4 is 20.1 Å². The van der Waals surface area contributed by atoms with Crippen LogP contribution in [0.15, 0.2) is 52.3 Å². The Morgan fingerprint density at radius 2 is 1.52 bits per heavy atom. The third kappa shape index (κ3) is 4.02. The van der Waals surface area contributed by atoms with E-state index in [1.165, 1.54) is 24.3 Å². The molecule has 8 heteroatoms. The summed E-state index contributed by atoms with van der Waals surface area (Å²) in [4.78, 5) is -0.0659. The summed E-state index contributed by atoms with van der Waals surface area (Å²) in [7, 11) is -7.66. The molecule has 1 fully saturated rings. The van der Waals surface area contributed by atoms with Gasteiger partial charge >= 0.3 is 10.1 Å². The van der Waals surface area contributed by atoms with Crippen LogP contribution in [0, 0.1) is 13.8 Å².